The van der Waals surface area contributed by atoms with Crippen LogP contribution in [-0.4, -0.2) is 18.6 Å². The van der Waals surface area contributed by atoms with E-state index in [1.54, 1.807) is 12.1 Å². The van der Waals surface area contributed by atoms with Crippen molar-refractivity contribution in [3.63, 3.8) is 0 Å². The Morgan fingerprint density at radius 1 is 1.10 bits per heavy atom. The zero-order valence-corrected chi connectivity index (χ0v) is 12.4. The summed E-state index contributed by atoms with van der Waals surface area (Å²) in [6.07, 6.45) is 0.762. The van der Waals surface area contributed by atoms with E-state index in [0.717, 1.165) is 11.1 Å². The molecule has 0 radical (unpaired) electrons. The Morgan fingerprint density at radius 2 is 1.71 bits per heavy atom. The first-order valence-corrected chi connectivity index (χ1v) is 8.12. The Balaban J connectivity index is 1.73. The second-order valence-electron chi connectivity index (χ2n) is 5.52. The lowest BCUT2D eigenvalue weighted by Crippen LogP contribution is -2.11. The van der Waals surface area contributed by atoms with E-state index in [0.29, 0.717) is 6.42 Å². The molecule has 1 aliphatic heterocycles. The minimum absolute atomic E-state index is 0.0694. The normalized spacial score (nSPS) is 24.8. The Morgan fingerprint density at radius 3 is 2.29 bits per heavy atom. The first-order chi connectivity index (χ1) is 9.88. The van der Waals surface area contributed by atoms with Gasteiger partial charge in [0, 0.05) is 6.42 Å². The van der Waals surface area contributed by atoms with Crippen LogP contribution in [0.4, 0.5) is 0 Å². The summed E-state index contributed by atoms with van der Waals surface area (Å²) in [4.78, 5) is -0.0901. The summed E-state index contributed by atoms with van der Waals surface area (Å²) < 4.78 is 36.8. The highest BCUT2D eigenvalue weighted by atomic mass is 32.2. The molecule has 110 valence electrons. The van der Waals surface area contributed by atoms with Gasteiger partial charge in [0.1, 0.15) is 11.7 Å². The quantitative estimate of drug-likeness (QED) is 0.696. The van der Waals surface area contributed by atoms with Gasteiger partial charge in [-0.05, 0) is 30.2 Å². The molecule has 1 aliphatic rings. The van der Waals surface area contributed by atoms with Crippen molar-refractivity contribution in [1.29, 1.82) is 0 Å². The van der Waals surface area contributed by atoms with Crippen molar-refractivity contribution < 1.29 is 17.7 Å². The van der Waals surface area contributed by atoms with Gasteiger partial charge in [0.2, 0.25) is 0 Å². The van der Waals surface area contributed by atoms with Crippen LogP contribution >= 0.6 is 0 Å². The molecule has 0 aliphatic carbocycles. The molecule has 4 nitrogen and oxygen atoms in total. The van der Waals surface area contributed by atoms with Gasteiger partial charge in [0.25, 0.3) is 10.1 Å². The first-order valence-electron chi connectivity index (χ1n) is 6.68. The van der Waals surface area contributed by atoms with Gasteiger partial charge in [0.15, 0.2) is 0 Å². The minimum Gasteiger partial charge on any atom is -0.361 e. The van der Waals surface area contributed by atoms with Crippen LogP contribution in [0.5, 0.6) is 0 Å². The van der Waals surface area contributed by atoms with E-state index in [-0.39, 0.29) is 16.6 Å². The predicted octanol–water partition coefficient (Wildman–Crippen LogP) is 3.01. The number of hydrogen-bond acceptors (Lipinski definition) is 3. The second-order valence-corrected chi connectivity index (χ2v) is 6.94. The van der Waals surface area contributed by atoms with Gasteiger partial charge in [-0.25, -0.2) is 0 Å². The summed E-state index contributed by atoms with van der Waals surface area (Å²) in [5.41, 5.74) is 1.86. The zero-order chi connectivity index (χ0) is 15.1. The number of benzene rings is 2. The zero-order valence-electron chi connectivity index (χ0n) is 11.6. The number of ether oxygens (including phenoxy) is 1. The van der Waals surface area contributed by atoms with Crippen molar-refractivity contribution in [1.82, 2.24) is 0 Å². The highest BCUT2D eigenvalue weighted by Gasteiger charge is 2.52. The second kappa shape index (κ2) is 4.94. The highest BCUT2D eigenvalue weighted by molar-refractivity contribution is 7.85. The summed E-state index contributed by atoms with van der Waals surface area (Å²) in [6, 6.07) is 16.3. The first kappa shape index (κ1) is 14.3. The number of rotatable bonds is 4. The third-order valence-electron chi connectivity index (χ3n) is 3.76. The average Bonchev–Trinajstić information content (AvgIpc) is 3.11. The van der Waals surface area contributed by atoms with Gasteiger partial charge in [-0.1, -0.05) is 42.5 Å². The molecule has 1 N–H and O–H groups in total. The molecule has 0 aromatic heterocycles. The van der Waals surface area contributed by atoms with Gasteiger partial charge < -0.3 is 4.74 Å². The van der Waals surface area contributed by atoms with E-state index in [2.05, 4.69) is 0 Å². The largest absolute Gasteiger partial charge is 0.361 e. The highest BCUT2D eigenvalue weighted by Crippen LogP contribution is 2.51. The topological polar surface area (TPSA) is 66.9 Å². The molecule has 0 saturated carbocycles. The molecule has 0 unspecified atom stereocenters. The molecular weight excluding hydrogens is 288 g/mol. The van der Waals surface area contributed by atoms with E-state index < -0.39 is 10.1 Å². The molecule has 2 aromatic rings. The standard InChI is InChI=1S/C16H16O4S/c1-16(15(20-16)13-5-3-2-4-6-13)11-12-7-9-14(10-8-12)21(17,18)19/h2-10,15H,11H2,1H3,(H,17,18,19)/t15-,16-/m0/s1. The van der Waals surface area contributed by atoms with Crippen molar-refractivity contribution in [3.8, 4) is 0 Å². The molecule has 1 saturated heterocycles. The monoisotopic (exact) mass is 304 g/mol. The Labute approximate surface area is 124 Å². The van der Waals surface area contributed by atoms with Crippen LogP contribution in [0.1, 0.15) is 24.2 Å². The van der Waals surface area contributed by atoms with Crippen LogP contribution in [0.25, 0.3) is 0 Å². The molecule has 3 rings (SSSR count). The molecule has 0 spiro atoms. The third kappa shape index (κ3) is 3.00. The Bertz CT molecular complexity index is 738. The maximum Gasteiger partial charge on any atom is 0.294 e. The van der Waals surface area contributed by atoms with Crippen molar-refractivity contribution in [2.75, 3.05) is 0 Å². The van der Waals surface area contributed by atoms with Gasteiger partial charge in [-0.15, -0.1) is 0 Å². The summed E-state index contributed by atoms with van der Waals surface area (Å²) in [5.74, 6) is 0. The summed E-state index contributed by atoms with van der Waals surface area (Å²) in [7, 11) is -4.13. The summed E-state index contributed by atoms with van der Waals surface area (Å²) in [5, 5.41) is 0. The maximum absolute atomic E-state index is 11.0. The van der Waals surface area contributed by atoms with Crippen molar-refractivity contribution in [3.05, 3.63) is 65.7 Å². The summed E-state index contributed by atoms with van der Waals surface area (Å²) >= 11 is 0. The molecule has 5 heteroatoms. The molecule has 1 heterocycles. The van der Waals surface area contributed by atoms with Crippen LogP contribution < -0.4 is 0 Å². The van der Waals surface area contributed by atoms with E-state index in [1.165, 1.54) is 12.1 Å². The van der Waals surface area contributed by atoms with E-state index >= 15 is 0 Å². The molecule has 2 aromatic carbocycles. The fourth-order valence-electron chi connectivity index (χ4n) is 2.60. The van der Waals surface area contributed by atoms with Gasteiger partial charge in [-0.3, -0.25) is 4.55 Å². The third-order valence-corrected chi connectivity index (χ3v) is 4.63. The van der Waals surface area contributed by atoms with Crippen molar-refractivity contribution in [2.24, 2.45) is 0 Å². The molecule has 0 bridgehead atoms. The minimum atomic E-state index is -4.13. The van der Waals surface area contributed by atoms with Crippen molar-refractivity contribution in [2.45, 2.75) is 29.9 Å². The summed E-state index contributed by atoms with van der Waals surface area (Å²) in [6.45, 7) is 2.04. The van der Waals surface area contributed by atoms with Crippen LogP contribution in [0, 0.1) is 0 Å². The smallest absolute Gasteiger partial charge is 0.294 e. The molecule has 2 atom stereocenters. The number of epoxide rings is 1. The van der Waals surface area contributed by atoms with Crippen LogP contribution in [0.3, 0.4) is 0 Å². The van der Waals surface area contributed by atoms with Crippen LogP contribution in [-0.2, 0) is 21.3 Å². The van der Waals surface area contributed by atoms with E-state index in [9.17, 15) is 8.42 Å². The Hall–Kier alpha value is -1.69. The SMILES string of the molecule is C[C@@]1(Cc2ccc(S(=O)(=O)O)cc2)O[C@H]1c1ccccc1. The van der Waals surface area contributed by atoms with Gasteiger partial charge >= 0.3 is 0 Å². The fourth-order valence-corrected chi connectivity index (χ4v) is 3.08. The number of hydrogen-bond donors (Lipinski definition) is 1. The van der Waals surface area contributed by atoms with Gasteiger partial charge in [-0.2, -0.15) is 8.42 Å². The van der Waals surface area contributed by atoms with Crippen LogP contribution in [0.2, 0.25) is 0 Å². The lowest BCUT2D eigenvalue weighted by atomic mass is 9.94. The molecule has 1 fully saturated rings. The molecule has 21 heavy (non-hydrogen) atoms. The van der Waals surface area contributed by atoms with E-state index in [4.69, 9.17) is 9.29 Å². The molecular formula is C16H16O4S. The average molecular weight is 304 g/mol. The van der Waals surface area contributed by atoms with Gasteiger partial charge in [0.05, 0.1) is 4.90 Å². The van der Waals surface area contributed by atoms with E-state index in [1.807, 2.05) is 37.3 Å². The predicted molar refractivity (Wildman–Crippen MR) is 78.6 cm³/mol. The van der Waals surface area contributed by atoms with Crippen LogP contribution in [0.15, 0.2) is 59.5 Å². The lowest BCUT2D eigenvalue weighted by molar-refractivity contribution is 0.308. The Kier molecular flexibility index (Phi) is 3.36. The lowest BCUT2D eigenvalue weighted by Gasteiger charge is -2.07. The molecule has 0 amide bonds. The maximum atomic E-state index is 11.0. The fraction of sp³-hybridized carbons (Fsp3) is 0.250. The van der Waals surface area contributed by atoms with Crippen molar-refractivity contribution >= 4 is 10.1 Å².